The van der Waals surface area contributed by atoms with Crippen LogP contribution in [0.25, 0.3) is 6.08 Å². The molecular formula is C13H14O4. The highest BCUT2D eigenvalue weighted by Gasteiger charge is 2.13. The van der Waals surface area contributed by atoms with Crippen LogP contribution in [0.2, 0.25) is 0 Å². The van der Waals surface area contributed by atoms with Gasteiger partial charge in [-0.15, -0.1) is 0 Å². The standard InChI is InChI=1S/C13H14O4/c1-9-3-5-10(6-4-9)7-11(8-12(14)15)13(16)17-2/h3-7H,8H2,1-2H3,(H,14,15)/b11-7+. The highest BCUT2D eigenvalue weighted by Crippen LogP contribution is 2.12. The van der Waals surface area contributed by atoms with E-state index in [9.17, 15) is 9.59 Å². The van der Waals surface area contributed by atoms with Gasteiger partial charge in [-0.25, -0.2) is 4.79 Å². The summed E-state index contributed by atoms with van der Waals surface area (Å²) in [4.78, 5) is 22.0. The second-order valence-corrected chi connectivity index (χ2v) is 3.64. The van der Waals surface area contributed by atoms with Crippen molar-refractivity contribution in [1.82, 2.24) is 0 Å². The van der Waals surface area contributed by atoms with Gasteiger partial charge in [0, 0.05) is 5.57 Å². The van der Waals surface area contributed by atoms with E-state index in [2.05, 4.69) is 4.74 Å². The first-order chi connectivity index (χ1) is 8.02. The van der Waals surface area contributed by atoms with Gasteiger partial charge in [0.2, 0.25) is 0 Å². The van der Waals surface area contributed by atoms with E-state index in [0.29, 0.717) is 0 Å². The highest BCUT2D eigenvalue weighted by molar-refractivity contribution is 5.97. The van der Waals surface area contributed by atoms with Crippen molar-refractivity contribution < 1.29 is 19.4 Å². The first kappa shape index (κ1) is 13.0. The van der Waals surface area contributed by atoms with E-state index in [1.54, 1.807) is 0 Å². The highest BCUT2D eigenvalue weighted by atomic mass is 16.5. The Hall–Kier alpha value is -2.10. The Morgan fingerprint density at radius 1 is 1.29 bits per heavy atom. The lowest BCUT2D eigenvalue weighted by Gasteiger charge is -2.03. The maximum absolute atomic E-state index is 11.4. The normalized spacial score (nSPS) is 11.1. The van der Waals surface area contributed by atoms with Gasteiger partial charge in [0.25, 0.3) is 0 Å². The van der Waals surface area contributed by atoms with Gasteiger partial charge in [-0.2, -0.15) is 0 Å². The van der Waals surface area contributed by atoms with Crippen LogP contribution in [0.1, 0.15) is 17.5 Å². The zero-order chi connectivity index (χ0) is 12.8. The van der Waals surface area contributed by atoms with Gasteiger partial charge in [-0.05, 0) is 18.6 Å². The molecular weight excluding hydrogens is 220 g/mol. The molecule has 1 rings (SSSR count). The fourth-order valence-corrected chi connectivity index (χ4v) is 1.34. The minimum absolute atomic E-state index is 0.129. The van der Waals surface area contributed by atoms with Gasteiger partial charge in [-0.3, -0.25) is 4.79 Å². The predicted molar refractivity (Wildman–Crippen MR) is 63.4 cm³/mol. The monoisotopic (exact) mass is 234 g/mol. The number of carbonyl (C=O) groups is 2. The fourth-order valence-electron chi connectivity index (χ4n) is 1.34. The van der Waals surface area contributed by atoms with Crippen molar-refractivity contribution in [2.75, 3.05) is 7.11 Å². The number of carboxylic acids is 1. The number of aliphatic carboxylic acids is 1. The minimum atomic E-state index is -1.06. The first-order valence-electron chi connectivity index (χ1n) is 5.10. The molecule has 1 aromatic rings. The summed E-state index contributed by atoms with van der Waals surface area (Å²) in [5.41, 5.74) is 2.00. The molecule has 0 bridgehead atoms. The summed E-state index contributed by atoms with van der Waals surface area (Å²) in [5, 5.41) is 8.70. The van der Waals surface area contributed by atoms with Crippen LogP contribution >= 0.6 is 0 Å². The Kier molecular flexibility index (Phi) is 4.46. The lowest BCUT2D eigenvalue weighted by atomic mass is 10.1. The maximum atomic E-state index is 11.4. The summed E-state index contributed by atoms with van der Waals surface area (Å²) in [6.45, 7) is 1.95. The third-order valence-corrected chi connectivity index (χ3v) is 2.21. The van der Waals surface area contributed by atoms with Gasteiger partial charge in [0.1, 0.15) is 0 Å². The third-order valence-electron chi connectivity index (χ3n) is 2.21. The Morgan fingerprint density at radius 2 is 1.88 bits per heavy atom. The molecule has 0 aliphatic carbocycles. The van der Waals surface area contributed by atoms with Crippen LogP contribution in [0.3, 0.4) is 0 Å². The Labute approximate surface area is 99.5 Å². The van der Waals surface area contributed by atoms with E-state index in [1.165, 1.54) is 13.2 Å². The van der Waals surface area contributed by atoms with Gasteiger partial charge < -0.3 is 9.84 Å². The maximum Gasteiger partial charge on any atom is 0.334 e. The van der Waals surface area contributed by atoms with Crippen LogP contribution in [-0.2, 0) is 14.3 Å². The average molecular weight is 234 g/mol. The Bertz CT molecular complexity index is 443. The zero-order valence-electron chi connectivity index (χ0n) is 9.77. The second kappa shape index (κ2) is 5.84. The number of rotatable bonds is 4. The molecule has 0 aromatic heterocycles. The topological polar surface area (TPSA) is 63.6 Å². The quantitative estimate of drug-likeness (QED) is 0.639. The molecule has 1 N–H and O–H groups in total. The molecule has 0 radical (unpaired) electrons. The van der Waals surface area contributed by atoms with Crippen LogP contribution in [0.15, 0.2) is 29.8 Å². The van der Waals surface area contributed by atoms with Crippen molar-refractivity contribution >= 4 is 18.0 Å². The second-order valence-electron chi connectivity index (χ2n) is 3.64. The lowest BCUT2D eigenvalue weighted by Crippen LogP contribution is -2.09. The number of esters is 1. The number of benzene rings is 1. The van der Waals surface area contributed by atoms with E-state index in [1.807, 2.05) is 31.2 Å². The Morgan fingerprint density at radius 3 is 2.35 bits per heavy atom. The number of carboxylic acid groups (broad SMARTS) is 1. The van der Waals surface area contributed by atoms with E-state index in [0.717, 1.165) is 11.1 Å². The molecule has 0 amide bonds. The third kappa shape index (κ3) is 4.10. The first-order valence-corrected chi connectivity index (χ1v) is 5.10. The number of carbonyl (C=O) groups excluding carboxylic acids is 1. The molecule has 0 aliphatic heterocycles. The van der Waals surface area contributed by atoms with Crippen LogP contribution in [0, 0.1) is 6.92 Å². The molecule has 0 aliphatic rings. The smallest absolute Gasteiger partial charge is 0.334 e. The fraction of sp³-hybridized carbons (Fsp3) is 0.231. The van der Waals surface area contributed by atoms with Crippen molar-refractivity contribution in [3.63, 3.8) is 0 Å². The molecule has 90 valence electrons. The van der Waals surface area contributed by atoms with Crippen molar-refractivity contribution in [3.8, 4) is 0 Å². The molecule has 4 heteroatoms. The van der Waals surface area contributed by atoms with Gasteiger partial charge in [-0.1, -0.05) is 29.8 Å². The SMILES string of the molecule is COC(=O)/C(=C/c1ccc(C)cc1)CC(=O)O. The molecule has 4 nitrogen and oxygen atoms in total. The zero-order valence-corrected chi connectivity index (χ0v) is 9.77. The van der Waals surface area contributed by atoms with Crippen LogP contribution in [0.5, 0.6) is 0 Å². The molecule has 0 fully saturated rings. The summed E-state index contributed by atoms with van der Waals surface area (Å²) in [6, 6.07) is 7.42. The van der Waals surface area contributed by atoms with Crippen molar-refractivity contribution in [3.05, 3.63) is 41.0 Å². The van der Waals surface area contributed by atoms with Crippen LogP contribution in [-0.4, -0.2) is 24.2 Å². The van der Waals surface area contributed by atoms with E-state index in [-0.39, 0.29) is 12.0 Å². The van der Waals surface area contributed by atoms with Gasteiger partial charge in [0.05, 0.1) is 13.5 Å². The van der Waals surface area contributed by atoms with Crippen molar-refractivity contribution in [2.45, 2.75) is 13.3 Å². The number of ether oxygens (including phenoxy) is 1. The summed E-state index contributed by atoms with van der Waals surface area (Å²) in [7, 11) is 1.23. The minimum Gasteiger partial charge on any atom is -0.481 e. The molecule has 0 unspecified atom stereocenters. The molecule has 0 atom stereocenters. The summed E-state index contributed by atoms with van der Waals surface area (Å²) >= 11 is 0. The molecule has 0 spiro atoms. The summed E-state index contributed by atoms with van der Waals surface area (Å²) in [5.74, 6) is -1.68. The van der Waals surface area contributed by atoms with Crippen molar-refractivity contribution in [1.29, 1.82) is 0 Å². The largest absolute Gasteiger partial charge is 0.481 e. The molecule has 1 aromatic carbocycles. The van der Waals surface area contributed by atoms with E-state index < -0.39 is 11.9 Å². The van der Waals surface area contributed by atoms with Crippen molar-refractivity contribution in [2.24, 2.45) is 0 Å². The van der Waals surface area contributed by atoms with Crippen LogP contribution < -0.4 is 0 Å². The number of hydrogen-bond donors (Lipinski definition) is 1. The predicted octanol–water partition coefficient (Wildman–Crippen LogP) is 2.03. The number of hydrogen-bond acceptors (Lipinski definition) is 3. The summed E-state index contributed by atoms with van der Waals surface area (Å²) in [6.07, 6.45) is 1.18. The van der Waals surface area contributed by atoms with E-state index in [4.69, 9.17) is 5.11 Å². The van der Waals surface area contributed by atoms with Crippen LogP contribution in [0.4, 0.5) is 0 Å². The van der Waals surface area contributed by atoms with E-state index >= 15 is 0 Å². The number of aryl methyl sites for hydroxylation is 1. The lowest BCUT2D eigenvalue weighted by molar-refractivity contribution is -0.141. The van der Waals surface area contributed by atoms with Gasteiger partial charge in [0.15, 0.2) is 0 Å². The van der Waals surface area contributed by atoms with Gasteiger partial charge >= 0.3 is 11.9 Å². The molecule has 0 saturated carbocycles. The Balaban J connectivity index is 3.00. The average Bonchev–Trinajstić information content (AvgIpc) is 2.29. The number of methoxy groups -OCH3 is 1. The molecule has 17 heavy (non-hydrogen) atoms. The summed E-state index contributed by atoms with van der Waals surface area (Å²) < 4.78 is 4.54. The molecule has 0 saturated heterocycles. The molecule has 0 heterocycles.